The van der Waals surface area contributed by atoms with Crippen molar-refractivity contribution < 1.29 is 9.59 Å². The van der Waals surface area contributed by atoms with E-state index in [1.807, 2.05) is 30.3 Å². The molecule has 0 fully saturated rings. The summed E-state index contributed by atoms with van der Waals surface area (Å²) >= 11 is 0. The molecule has 0 saturated heterocycles. The zero-order valence-corrected chi connectivity index (χ0v) is 18.4. The van der Waals surface area contributed by atoms with Gasteiger partial charge in [0.1, 0.15) is 17.0 Å². The fraction of sp³-hybridized carbons (Fsp3) is 0.192. The normalized spacial score (nSPS) is 13.2. The highest BCUT2D eigenvalue weighted by atomic mass is 16.2. The summed E-state index contributed by atoms with van der Waals surface area (Å²) in [6.07, 6.45) is 6.10. The van der Waals surface area contributed by atoms with Crippen molar-refractivity contribution in [1.29, 1.82) is 0 Å². The molecule has 34 heavy (non-hydrogen) atoms. The summed E-state index contributed by atoms with van der Waals surface area (Å²) < 4.78 is 0. The van der Waals surface area contributed by atoms with E-state index in [1.165, 1.54) is 0 Å². The number of amides is 1. The molecule has 3 N–H and O–H groups in total. The van der Waals surface area contributed by atoms with Gasteiger partial charge in [0, 0.05) is 22.8 Å². The van der Waals surface area contributed by atoms with Gasteiger partial charge in [-0.25, -0.2) is 9.97 Å². The van der Waals surface area contributed by atoms with Crippen molar-refractivity contribution in [2.45, 2.75) is 32.1 Å². The third-order valence-corrected chi connectivity index (χ3v) is 6.24. The molecular weight excluding hydrogens is 428 g/mol. The van der Waals surface area contributed by atoms with Gasteiger partial charge in [-0.3, -0.25) is 19.9 Å². The van der Waals surface area contributed by atoms with Gasteiger partial charge < -0.3 is 9.97 Å². The smallest absolute Gasteiger partial charge is 0.276 e. The number of carbonyl (C=O) groups is 2. The van der Waals surface area contributed by atoms with Crippen LogP contribution in [0.2, 0.25) is 0 Å². The van der Waals surface area contributed by atoms with E-state index in [1.54, 1.807) is 24.4 Å². The van der Waals surface area contributed by atoms with Gasteiger partial charge in [0.15, 0.2) is 5.78 Å². The summed E-state index contributed by atoms with van der Waals surface area (Å²) in [5, 5.41) is 4.65. The first-order valence-corrected chi connectivity index (χ1v) is 11.4. The highest BCUT2D eigenvalue weighted by Gasteiger charge is 2.20. The average Bonchev–Trinajstić information content (AvgIpc) is 3.46. The number of nitrogens with zero attached hydrogens (tertiary/aromatic N) is 3. The van der Waals surface area contributed by atoms with Crippen LogP contribution in [0.25, 0.3) is 21.8 Å². The number of nitrogens with one attached hydrogen (secondary N) is 3. The number of anilines is 1. The summed E-state index contributed by atoms with van der Waals surface area (Å²) in [4.78, 5) is 45.7. The zero-order chi connectivity index (χ0) is 23.1. The Morgan fingerprint density at radius 1 is 0.941 bits per heavy atom. The number of aryl methyl sites for hydroxylation is 2. The number of aromatic amines is 2. The van der Waals surface area contributed by atoms with Gasteiger partial charge in [0.05, 0.1) is 17.6 Å². The molecule has 1 aliphatic carbocycles. The third-order valence-electron chi connectivity index (χ3n) is 6.24. The number of imidazole rings is 2. The van der Waals surface area contributed by atoms with Gasteiger partial charge >= 0.3 is 0 Å². The van der Waals surface area contributed by atoms with E-state index in [0.29, 0.717) is 22.4 Å². The summed E-state index contributed by atoms with van der Waals surface area (Å²) in [5.41, 5.74) is 4.21. The average molecular weight is 451 g/mol. The Morgan fingerprint density at radius 3 is 2.68 bits per heavy atom. The number of hydrogen-bond donors (Lipinski definition) is 3. The Hall–Kier alpha value is -4.33. The van der Waals surface area contributed by atoms with Crippen molar-refractivity contribution in [2.24, 2.45) is 0 Å². The Labute approximate surface area is 194 Å². The van der Waals surface area contributed by atoms with Crippen LogP contribution in [0.3, 0.4) is 0 Å². The molecule has 1 amide bonds. The molecule has 0 atom stereocenters. The van der Waals surface area contributed by atoms with Gasteiger partial charge in [-0.05, 0) is 49.3 Å². The topological polar surface area (TPSA) is 116 Å². The molecule has 1 aliphatic rings. The second kappa shape index (κ2) is 8.22. The monoisotopic (exact) mass is 450 g/mol. The van der Waals surface area contributed by atoms with E-state index in [2.05, 4.69) is 30.2 Å². The molecule has 3 heterocycles. The Balaban J connectivity index is 1.24. The minimum atomic E-state index is -0.376. The minimum Gasteiger partial charge on any atom is -0.345 e. The first-order chi connectivity index (χ1) is 16.6. The second-order valence-corrected chi connectivity index (χ2v) is 8.57. The quantitative estimate of drug-likeness (QED) is 0.343. The third kappa shape index (κ3) is 3.73. The molecule has 0 radical (unpaired) electrons. The number of para-hydroxylation sites is 1. The molecular formula is C26H22N6O2. The molecule has 3 aromatic heterocycles. The van der Waals surface area contributed by atoms with Crippen molar-refractivity contribution >= 4 is 39.4 Å². The molecule has 168 valence electrons. The van der Waals surface area contributed by atoms with Gasteiger partial charge in [0.2, 0.25) is 5.95 Å². The van der Waals surface area contributed by atoms with E-state index in [9.17, 15) is 9.59 Å². The number of Topliss-reactive ketones (excluding diaryl/α,β-unsaturated/α-hetero) is 1. The van der Waals surface area contributed by atoms with Crippen LogP contribution in [0.1, 0.15) is 50.9 Å². The number of fused-ring (bicyclic) bond motifs is 3. The molecule has 0 bridgehead atoms. The van der Waals surface area contributed by atoms with Crippen LogP contribution < -0.4 is 5.32 Å². The fourth-order valence-electron chi connectivity index (χ4n) is 4.54. The lowest BCUT2D eigenvalue weighted by atomic mass is 10.0. The number of hydrogen-bond acceptors (Lipinski definition) is 5. The van der Waals surface area contributed by atoms with Gasteiger partial charge in [0.25, 0.3) is 5.91 Å². The number of H-pyrrole nitrogens is 2. The summed E-state index contributed by atoms with van der Waals surface area (Å²) in [7, 11) is 0. The summed E-state index contributed by atoms with van der Waals surface area (Å²) in [6.45, 7) is 0. The number of rotatable bonds is 5. The first kappa shape index (κ1) is 20.3. The largest absolute Gasteiger partial charge is 0.345 e. The molecule has 0 aliphatic heterocycles. The van der Waals surface area contributed by atoms with Crippen LogP contribution in [-0.2, 0) is 19.3 Å². The Kier molecular flexibility index (Phi) is 4.91. The van der Waals surface area contributed by atoms with Gasteiger partial charge in [-0.15, -0.1) is 0 Å². The summed E-state index contributed by atoms with van der Waals surface area (Å²) in [6, 6.07) is 14.8. The maximum atomic E-state index is 13.1. The number of pyridine rings is 1. The maximum absolute atomic E-state index is 13.1. The van der Waals surface area contributed by atoms with Crippen LogP contribution >= 0.6 is 0 Å². The van der Waals surface area contributed by atoms with E-state index in [4.69, 9.17) is 0 Å². The van der Waals surface area contributed by atoms with Crippen molar-refractivity contribution in [3.05, 3.63) is 83.2 Å². The minimum absolute atomic E-state index is 0.0720. The standard InChI is InChI=1S/C26H22N6O2/c33-22(13-23-28-18-9-3-4-10-19(18)29-23)17-8-5-11-20-24(17)31-26(30-20)32-25(34)21-12-15-6-1-2-7-16(15)14-27-21/h1-2,5-8,11-12,14H,3-4,9-10,13H2,(H,28,29)(H2,30,31,32,34). The predicted octanol–water partition coefficient (Wildman–Crippen LogP) is 4.39. The molecule has 5 aromatic rings. The highest BCUT2D eigenvalue weighted by molar-refractivity contribution is 6.08. The van der Waals surface area contributed by atoms with Crippen molar-refractivity contribution in [2.75, 3.05) is 5.32 Å². The number of ketones is 1. The van der Waals surface area contributed by atoms with Crippen LogP contribution in [0.5, 0.6) is 0 Å². The molecule has 0 saturated carbocycles. The Bertz CT molecular complexity index is 1540. The van der Waals surface area contributed by atoms with Gasteiger partial charge in [-0.1, -0.05) is 30.3 Å². The molecule has 0 unspecified atom stereocenters. The molecule has 8 heteroatoms. The SMILES string of the molecule is O=C(Nc1nc2c(C(=O)Cc3nc4c([nH]3)CCCC4)cccc2[nH]1)c1cc2ccccc2cn1. The lowest BCUT2D eigenvalue weighted by Crippen LogP contribution is -2.14. The molecule has 8 nitrogen and oxygen atoms in total. The number of carbonyl (C=O) groups excluding carboxylic acids is 2. The van der Waals surface area contributed by atoms with E-state index in [-0.39, 0.29) is 29.8 Å². The van der Waals surface area contributed by atoms with E-state index < -0.39 is 0 Å². The van der Waals surface area contributed by atoms with Gasteiger partial charge in [-0.2, -0.15) is 0 Å². The number of benzene rings is 2. The zero-order valence-electron chi connectivity index (χ0n) is 18.4. The Morgan fingerprint density at radius 2 is 1.79 bits per heavy atom. The maximum Gasteiger partial charge on any atom is 0.276 e. The van der Waals surface area contributed by atoms with Crippen molar-refractivity contribution in [1.82, 2.24) is 24.9 Å². The fourth-order valence-corrected chi connectivity index (χ4v) is 4.54. The van der Waals surface area contributed by atoms with E-state index >= 15 is 0 Å². The van der Waals surface area contributed by atoms with Crippen LogP contribution in [0.15, 0.2) is 54.7 Å². The van der Waals surface area contributed by atoms with Crippen molar-refractivity contribution in [3.63, 3.8) is 0 Å². The number of aromatic nitrogens is 5. The van der Waals surface area contributed by atoms with Crippen LogP contribution in [0, 0.1) is 0 Å². The lowest BCUT2D eigenvalue weighted by molar-refractivity contribution is 0.0990. The van der Waals surface area contributed by atoms with Crippen molar-refractivity contribution in [3.8, 4) is 0 Å². The molecule has 2 aromatic carbocycles. The van der Waals surface area contributed by atoms with Crippen LogP contribution in [-0.4, -0.2) is 36.6 Å². The molecule has 0 spiro atoms. The first-order valence-electron chi connectivity index (χ1n) is 11.4. The summed E-state index contributed by atoms with van der Waals surface area (Å²) in [5.74, 6) is 0.514. The second-order valence-electron chi connectivity index (χ2n) is 8.57. The molecule has 6 rings (SSSR count). The van der Waals surface area contributed by atoms with Crippen LogP contribution in [0.4, 0.5) is 5.95 Å². The lowest BCUT2D eigenvalue weighted by Gasteiger charge is -2.07. The predicted molar refractivity (Wildman–Crippen MR) is 129 cm³/mol. The van der Waals surface area contributed by atoms with E-state index in [0.717, 1.165) is 47.8 Å². The highest BCUT2D eigenvalue weighted by Crippen LogP contribution is 2.23.